The Balaban J connectivity index is 1.86. The number of amides is 3. The third-order valence-electron chi connectivity index (χ3n) is 6.86. The van der Waals surface area contributed by atoms with Crippen LogP contribution in [0.2, 0.25) is 0 Å². The highest BCUT2D eigenvalue weighted by Gasteiger charge is 2.63. The summed E-state index contributed by atoms with van der Waals surface area (Å²) in [4.78, 5) is 39.1. The molecule has 0 bridgehead atoms. The summed E-state index contributed by atoms with van der Waals surface area (Å²) in [6, 6.07) is 12.0. The van der Waals surface area contributed by atoms with E-state index in [0.29, 0.717) is 24.2 Å². The molecule has 0 unspecified atom stereocenters. The van der Waals surface area contributed by atoms with Crippen LogP contribution in [0.3, 0.4) is 0 Å². The standard InChI is InChI=1S/C27H34N2O5/c1-6-9-22(19-12-10-17(4)11-13-19)28-26(33)29-24(32)27(7-2,8-3)25(29)34-20-14-15-21(23(30)31)18(5)16-20/h10-16,22,25H,6-9H2,1-5H3,(H,28,33)(H,30,31)/t22-,25+/m1/s1. The Morgan fingerprint density at radius 2 is 1.74 bits per heavy atom. The molecular weight excluding hydrogens is 432 g/mol. The number of rotatable bonds is 9. The molecule has 0 aromatic heterocycles. The number of hydrogen-bond donors (Lipinski definition) is 2. The molecule has 2 aromatic carbocycles. The van der Waals surface area contributed by atoms with Crippen LogP contribution in [0.1, 0.15) is 79.5 Å². The Hall–Kier alpha value is -3.35. The van der Waals surface area contributed by atoms with Crippen LogP contribution in [0, 0.1) is 19.3 Å². The number of β-lactam (4-membered cyclic amide) rings is 1. The highest BCUT2D eigenvalue weighted by molar-refractivity contribution is 6.03. The lowest BCUT2D eigenvalue weighted by Crippen LogP contribution is -2.73. The number of aromatic carboxylic acids is 1. The van der Waals surface area contributed by atoms with Crippen molar-refractivity contribution in [2.45, 2.75) is 72.6 Å². The topological polar surface area (TPSA) is 95.9 Å². The van der Waals surface area contributed by atoms with E-state index in [1.165, 1.54) is 11.0 Å². The van der Waals surface area contributed by atoms with Gasteiger partial charge in [0.15, 0.2) is 6.23 Å². The number of carboxylic acid groups (broad SMARTS) is 1. The van der Waals surface area contributed by atoms with Crippen molar-refractivity contribution in [3.05, 3.63) is 64.7 Å². The van der Waals surface area contributed by atoms with Crippen LogP contribution in [0.4, 0.5) is 4.79 Å². The minimum absolute atomic E-state index is 0.185. The zero-order valence-corrected chi connectivity index (χ0v) is 20.6. The molecule has 3 amide bonds. The molecule has 3 rings (SSSR count). The van der Waals surface area contributed by atoms with Gasteiger partial charge < -0.3 is 15.2 Å². The van der Waals surface area contributed by atoms with E-state index in [1.54, 1.807) is 19.1 Å². The van der Waals surface area contributed by atoms with Gasteiger partial charge >= 0.3 is 12.0 Å². The quantitative estimate of drug-likeness (QED) is 0.469. The van der Waals surface area contributed by atoms with Crippen LogP contribution in [0.5, 0.6) is 5.75 Å². The molecule has 1 aliphatic heterocycles. The zero-order chi connectivity index (χ0) is 25.0. The van der Waals surface area contributed by atoms with Crippen LogP contribution < -0.4 is 10.1 Å². The van der Waals surface area contributed by atoms with Crippen molar-refractivity contribution < 1.29 is 24.2 Å². The molecule has 0 spiro atoms. The van der Waals surface area contributed by atoms with Crippen molar-refractivity contribution >= 4 is 17.9 Å². The fourth-order valence-electron chi connectivity index (χ4n) is 4.61. The van der Waals surface area contributed by atoms with E-state index in [4.69, 9.17) is 4.74 Å². The fourth-order valence-corrected chi connectivity index (χ4v) is 4.61. The van der Waals surface area contributed by atoms with Crippen LogP contribution in [-0.2, 0) is 4.79 Å². The lowest BCUT2D eigenvalue weighted by atomic mass is 9.72. The van der Waals surface area contributed by atoms with Gasteiger partial charge in [0, 0.05) is 0 Å². The number of nitrogens with one attached hydrogen (secondary N) is 1. The molecule has 1 aliphatic rings. The van der Waals surface area contributed by atoms with Gasteiger partial charge in [-0.15, -0.1) is 0 Å². The summed E-state index contributed by atoms with van der Waals surface area (Å²) in [7, 11) is 0. The number of benzene rings is 2. The van der Waals surface area contributed by atoms with E-state index in [-0.39, 0.29) is 17.5 Å². The highest BCUT2D eigenvalue weighted by atomic mass is 16.5. The van der Waals surface area contributed by atoms with E-state index in [2.05, 4.69) is 12.2 Å². The molecule has 34 heavy (non-hydrogen) atoms. The summed E-state index contributed by atoms with van der Waals surface area (Å²) in [5.74, 6) is -0.843. The maximum atomic E-state index is 13.3. The van der Waals surface area contributed by atoms with Crippen LogP contribution in [0.15, 0.2) is 42.5 Å². The summed E-state index contributed by atoms with van der Waals surface area (Å²) in [6.07, 6.45) is 1.89. The lowest BCUT2D eigenvalue weighted by molar-refractivity contribution is -0.191. The Morgan fingerprint density at radius 3 is 2.26 bits per heavy atom. The van der Waals surface area contributed by atoms with Crippen molar-refractivity contribution in [2.24, 2.45) is 5.41 Å². The van der Waals surface area contributed by atoms with Gasteiger partial charge in [-0.1, -0.05) is 57.0 Å². The maximum absolute atomic E-state index is 13.3. The summed E-state index contributed by atoms with van der Waals surface area (Å²) in [5, 5.41) is 12.3. The summed E-state index contributed by atoms with van der Waals surface area (Å²) in [6.45, 7) is 9.58. The number of carbonyl (C=O) groups is 3. The van der Waals surface area contributed by atoms with E-state index in [0.717, 1.165) is 24.0 Å². The average Bonchev–Trinajstić information content (AvgIpc) is 2.80. The fraction of sp³-hybridized carbons (Fsp3) is 0.444. The number of ether oxygens (including phenoxy) is 1. The Labute approximate surface area is 201 Å². The molecule has 0 radical (unpaired) electrons. The first-order valence-electron chi connectivity index (χ1n) is 11.9. The third-order valence-corrected chi connectivity index (χ3v) is 6.86. The number of nitrogens with zero attached hydrogens (tertiary/aromatic N) is 1. The minimum atomic E-state index is -1.02. The second-order valence-corrected chi connectivity index (χ2v) is 8.99. The number of likely N-dealkylation sites (tertiary alicyclic amines) is 1. The lowest BCUT2D eigenvalue weighted by Gasteiger charge is -2.53. The van der Waals surface area contributed by atoms with Gasteiger partial charge in [0.05, 0.1) is 11.6 Å². The molecule has 7 nitrogen and oxygen atoms in total. The summed E-state index contributed by atoms with van der Waals surface area (Å²) < 4.78 is 6.18. The van der Waals surface area contributed by atoms with Crippen LogP contribution >= 0.6 is 0 Å². The number of carbonyl (C=O) groups excluding carboxylic acids is 2. The Bertz CT molecular complexity index is 1060. The number of aryl methyl sites for hydroxylation is 2. The first-order chi connectivity index (χ1) is 16.2. The monoisotopic (exact) mass is 466 g/mol. The SMILES string of the molecule is CCC[C@@H](NC(=O)N1C(=O)C(CC)(CC)[C@@H]1Oc1ccc(C(=O)O)c(C)c1)c1ccc(C)cc1. The predicted octanol–water partition coefficient (Wildman–Crippen LogP) is 5.61. The molecular formula is C27H34N2O5. The van der Waals surface area contributed by atoms with Crippen LogP contribution in [-0.4, -0.2) is 34.1 Å². The molecule has 2 atom stereocenters. The predicted molar refractivity (Wildman–Crippen MR) is 130 cm³/mol. The Morgan fingerprint density at radius 1 is 1.09 bits per heavy atom. The number of carboxylic acids is 1. The first kappa shape index (κ1) is 25.3. The van der Waals surface area contributed by atoms with Gasteiger partial charge in [0.25, 0.3) is 0 Å². The zero-order valence-electron chi connectivity index (χ0n) is 20.6. The molecule has 7 heteroatoms. The molecule has 1 fully saturated rings. The van der Waals surface area contributed by atoms with Gasteiger partial charge in [0.1, 0.15) is 11.2 Å². The minimum Gasteiger partial charge on any atom is -0.478 e. The largest absolute Gasteiger partial charge is 0.478 e. The maximum Gasteiger partial charge on any atom is 0.335 e. The Kier molecular flexibility index (Phi) is 7.64. The van der Waals surface area contributed by atoms with Gasteiger partial charge in [-0.25, -0.2) is 14.5 Å². The van der Waals surface area contributed by atoms with E-state index >= 15 is 0 Å². The van der Waals surface area contributed by atoms with Crippen molar-refractivity contribution in [3.63, 3.8) is 0 Å². The molecule has 182 valence electrons. The molecule has 2 aromatic rings. The van der Waals surface area contributed by atoms with Crippen molar-refractivity contribution in [1.82, 2.24) is 10.2 Å². The first-order valence-corrected chi connectivity index (χ1v) is 11.9. The normalized spacial score (nSPS) is 17.6. The van der Waals surface area contributed by atoms with Crippen molar-refractivity contribution in [3.8, 4) is 5.75 Å². The van der Waals surface area contributed by atoms with E-state index in [9.17, 15) is 19.5 Å². The second kappa shape index (κ2) is 10.3. The molecule has 2 N–H and O–H groups in total. The van der Waals surface area contributed by atoms with Gasteiger partial charge in [0.2, 0.25) is 5.91 Å². The molecule has 0 aliphatic carbocycles. The van der Waals surface area contributed by atoms with Crippen LogP contribution in [0.25, 0.3) is 0 Å². The second-order valence-electron chi connectivity index (χ2n) is 8.99. The van der Waals surface area contributed by atoms with E-state index in [1.807, 2.05) is 45.0 Å². The summed E-state index contributed by atoms with van der Waals surface area (Å²) in [5.41, 5.74) is 2.05. The van der Waals surface area contributed by atoms with Crippen molar-refractivity contribution in [1.29, 1.82) is 0 Å². The molecule has 0 saturated carbocycles. The number of hydrogen-bond acceptors (Lipinski definition) is 4. The summed E-state index contributed by atoms with van der Waals surface area (Å²) >= 11 is 0. The van der Waals surface area contributed by atoms with E-state index < -0.39 is 23.6 Å². The van der Waals surface area contributed by atoms with Gasteiger partial charge in [-0.3, -0.25) is 4.79 Å². The number of urea groups is 1. The highest BCUT2D eigenvalue weighted by Crippen LogP contribution is 2.46. The van der Waals surface area contributed by atoms with Gasteiger partial charge in [-0.2, -0.15) is 0 Å². The van der Waals surface area contributed by atoms with Crippen molar-refractivity contribution in [2.75, 3.05) is 0 Å². The third kappa shape index (κ3) is 4.65. The number of imide groups is 1. The molecule has 1 saturated heterocycles. The average molecular weight is 467 g/mol. The smallest absolute Gasteiger partial charge is 0.335 e. The van der Waals surface area contributed by atoms with Gasteiger partial charge in [-0.05, 0) is 62.4 Å². The molecule has 1 heterocycles.